The van der Waals surface area contributed by atoms with Crippen molar-refractivity contribution in [2.75, 3.05) is 18.7 Å². The minimum atomic E-state index is 0.117. The van der Waals surface area contributed by atoms with Crippen molar-refractivity contribution in [1.82, 2.24) is 0 Å². The number of nitrogens with zero attached hydrogens (tertiary/aromatic N) is 4. The summed E-state index contributed by atoms with van der Waals surface area (Å²) in [5.41, 5.74) is 4.25. The summed E-state index contributed by atoms with van der Waals surface area (Å²) in [6.07, 6.45) is 5.72. The fourth-order valence-electron chi connectivity index (χ4n) is 2.00. The molecule has 0 unspecified atom stereocenters. The van der Waals surface area contributed by atoms with Gasteiger partial charge >= 0.3 is 0 Å². The molecular formula is C19H27N5O2. The van der Waals surface area contributed by atoms with E-state index in [2.05, 4.69) is 21.3 Å². The summed E-state index contributed by atoms with van der Waals surface area (Å²) in [6, 6.07) is 5.93. The highest BCUT2D eigenvalue weighted by Gasteiger charge is 2.09. The lowest BCUT2D eigenvalue weighted by Gasteiger charge is -2.19. The summed E-state index contributed by atoms with van der Waals surface area (Å²) < 4.78 is 5.84. The van der Waals surface area contributed by atoms with Crippen molar-refractivity contribution in [3.63, 3.8) is 0 Å². The van der Waals surface area contributed by atoms with Crippen molar-refractivity contribution < 1.29 is 9.57 Å². The van der Waals surface area contributed by atoms with E-state index in [-0.39, 0.29) is 6.61 Å². The molecule has 1 rings (SSSR count). The molecule has 0 saturated heterocycles. The summed E-state index contributed by atoms with van der Waals surface area (Å²) in [4.78, 5) is 4.93. The molecule has 0 amide bonds. The van der Waals surface area contributed by atoms with Gasteiger partial charge in [0.05, 0.1) is 17.1 Å². The third-order valence-electron chi connectivity index (χ3n) is 3.64. The first-order valence-electron chi connectivity index (χ1n) is 8.31. The molecule has 1 aromatic carbocycles. The van der Waals surface area contributed by atoms with E-state index in [9.17, 15) is 0 Å². The quantitative estimate of drug-likeness (QED) is 0.193. The summed E-state index contributed by atoms with van der Waals surface area (Å²) in [5, 5.41) is 13.8. The average Bonchev–Trinajstić information content (AvgIpc) is 2.62. The van der Waals surface area contributed by atoms with Gasteiger partial charge in [0, 0.05) is 19.0 Å². The van der Waals surface area contributed by atoms with Gasteiger partial charge in [0.1, 0.15) is 6.61 Å². The van der Waals surface area contributed by atoms with Gasteiger partial charge in [-0.15, -0.1) is 11.5 Å². The zero-order valence-corrected chi connectivity index (χ0v) is 16.1. The Morgan fingerprint density at radius 1 is 1.27 bits per heavy atom. The molecule has 7 heteroatoms. The number of hydrogen-bond acceptors (Lipinski definition) is 7. The molecule has 0 atom stereocenters. The van der Waals surface area contributed by atoms with E-state index >= 15 is 0 Å². The number of ether oxygens (including phenoxy) is 1. The molecule has 0 aliphatic heterocycles. The molecule has 140 valence electrons. The summed E-state index contributed by atoms with van der Waals surface area (Å²) >= 11 is 0. The second kappa shape index (κ2) is 10.9. The van der Waals surface area contributed by atoms with Crippen LogP contribution in [0.3, 0.4) is 0 Å². The largest absolute Gasteiger partial charge is 0.475 e. The van der Waals surface area contributed by atoms with E-state index in [1.165, 1.54) is 0 Å². The number of nitrogens with two attached hydrogens (primary N) is 1. The maximum absolute atomic E-state index is 5.89. The maximum atomic E-state index is 5.89. The second-order valence-electron chi connectivity index (χ2n) is 5.66. The highest BCUT2D eigenvalue weighted by atomic mass is 16.6. The number of anilines is 1. The van der Waals surface area contributed by atoms with E-state index in [0.717, 1.165) is 16.8 Å². The summed E-state index contributed by atoms with van der Waals surface area (Å²) in [6.45, 7) is 8.02. The van der Waals surface area contributed by atoms with E-state index in [4.69, 9.17) is 21.8 Å². The number of hydrazine groups is 1. The van der Waals surface area contributed by atoms with Crippen LogP contribution in [0, 0.1) is 19.3 Å². The molecule has 0 spiro atoms. The van der Waals surface area contributed by atoms with Crippen LogP contribution in [-0.4, -0.2) is 31.0 Å². The molecule has 26 heavy (non-hydrogen) atoms. The van der Waals surface area contributed by atoms with Crippen molar-refractivity contribution in [3.8, 4) is 12.3 Å². The van der Waals surface area contributed by atoms with Crippen molar-refractivity contribution in [1.29, 1.82) is 0 Å². The number of terminal acetylenes is 1. The fourth-order valence-corrected chi connectivity index (χ4v) is 2.00. The van der Waals surface area contributed by atoms with Crippen LogP contribution < -0.4 is 10.9 Å². The Kier molecular flexibility index (Phi) is 8.88. The van der Waals surface area contributed by atoms with Gasteiger partial charge < -0.3 is 14.6 Å². The molecule has 0 aliphatic carbocycles. The zero-order chi connectivity index (χ0) is 19.5. The first-order valence-corrected chi connectivity index (χ1v) is 8.31. The van der Waals surface area contributed by atoms with E-state index in [1.807, 2.05) is 32.0 Å². The Morgan fingerprint density at radius 3 is 2.62 bits per heavy atom. The Bertz CT molecular complexity index is 730. The monoisotopic (exact) mass is 357 g/mol. The Hall–Kier alpha value is -2.85. The lowest BCUT2D eigenvalue weighted by atomic mass is 10.1. The molecule has 0 bridgehead atoms. The molecule has 0 heterocycles. The second-order valence-corrected chi connectivity index (χ2v) is 5.66. The number of hydrogen-bond donors (Lipinski definition) is 1. The molecule has 0 radical (unpaired) electrons. The fraction of sp³-hybridized carbons (Fsp3) is 0.421. The lowest BCUT2D eigenvalue weighted by molar-refractivity contribution is 0.180. The van der Waals surface area contributed by atoms with Crippen molar-refractivity contribution in [2.45, 2.75) is 40.7 Å². The standard InChI is InChI=1S/C19H27N5O2/c1-7-12-26-23-16(5)15(4)21-22-19(8-2)25-13-17-14(3)10-9-11-18(17)24(6)20/h1,9-11H,8,12-13,20H2,2-6H3/b21-15?,22-19-,23-16?. The van der Waals surface area contributed by atoms with Crippen LogP contribution in [0.25, 0.3) is 0 Å². The van der Waals surface area contributed by atoms with E-state index < -0.39 is 0 Å². The number of rotatable bonds is 8. The highest BCUT2D eigenvalue weighted by Crippen LogP contribution is 2.22. The van der Waals surface area contributed by atoms with Gasteiger partial charge in [-0.3, -0.25) is 0 Å². The predicted molar refractivity (Wildman–Crippen MR) is 107 cm³/mol. The zero-order valence-electron chi connectivity index (χ0n) is 16.1. The summed E-state index contributed by atoms with van der Waals surface area (Å²) in [7, 11) is 1.80. The number of benzene rings is 1. The third kappa shape index (κ3) is 6.57. The number of aryl methyl sites for hydroxylation is 1. The Balaban J connectivity index is 2.85. The molecule has 0 aliphatic rings. The molecule has 2 N–H and O–H groups in total. The SMILES string of the molecule is C#CCON=C(C)C(C)=N/N=C(/CC)OCc1c(C)cccc1N(C)N. The molecular weight excluding hydrogens is 330 g/mol. The Morgan fingerprint density at radius 2 is 2.00 bits per heavy atom. The van der Waals surface area contributed by atoms with Gasteiger partial charge in [0.25, 0.3) is 0 Å². The van der Waals surface area contributed by atoms with E-state index in [1.54, 1.807) is 25.9 Å². The first kappa shape index (κ1) is 21.2. The van der Waals surface area contributed by atoms with Crippen LogP contribution in [0.1, 0.15) is 38.3 Å². The number of oxime groups is 1. The summed E-state index contributed by atoms with van der Waals surface area (Å²) in [5.74, 6) is 8.76. The van der Waals surface area contributed by atoms with Crippen molar-refractivity contribution >= 4 is 23.0 Å². The van der Waals surface area contributed by atoms with Gasteiger partial charge in [-0.1, -0.05) is 30.1 Å². The molecule has 0 saturated carbocycles. The van der Waals surface area contributed by atoms with Crippen LogP contribution in [0.5, 0.6) is 0 Å². The normalized spacial score (nSPS) is 12.6. The van der Waals surface area contributed by atoms with Crippen LogP contribution in [0.4, 0.5) is 5.69 Å². The van der Waals surface area contributed by atoms with Crippen LogP contribution in [0.2, 0.25) is 0 Å². The third-order valence-corrected chi connectivity index (χ3v) is 3.64. The molecule has 0 fully saturated rings. The van der Waals surface area contributed by atoms with Gasteiger partial charge in [-0.05, 0) is 32.4 Å². The van der Waals surface area contributed by atoms with Gasteiger partial charge in [-0.25, -0.2) is 5.84 Å². The smallest absolute Gasteiger partial charge is 0.208 e. The van der Waals surface area contributed by atoms with Crippen molar-refractivity contribution in [3.05, 3.63) is 29.3 Å². The highest BCUT2D eigenvalue weighted by molar-refractivity contribution is 6.40. The van der Waals surface area contributed by atoms with Gasteiger partial charge in [0.15, 0.2) is 6.61 Å². The van der Waals surface area contributed by atoms with Crippen LogP contribution in [0.15, 0.2) is 33.6 Å². The lowest BCUT2D eigenvalue weighted by Crippen LogP contribution is -2.26. The van der Waals surface area contributed by atoms with Crippen LogP contribution >= 0.6 is 0 Å². The predicted octanol–water partition coefficient (Wildman–Crippen LogP) is 3.03. The first-order chi connectivity index (χ1) is 12.4. The maximum Gasteiger partial charge on any atom is 0.208 e. The van der Waals surface area contributed by atoms with Crippen LogP contribution in [-0.2, 0) is 16.2 Å². The minimum Gasteiger partial charge on any atom is -0.475 e. The minimum absolute atomic E-state index is 0.117. The molecule has 7 nitrogen and oxygen atoms in total. The van der Waals surface area contributed by atoms with Gasteiger partial charge in [-0.2, -0.15) is 5.10 Å². The average molecular weight is 357 g/mol. The molecule has 1 aromatic rings. The Labute approximate surface area is 155 Å². The molecule has 0 aromatic heterocycles. The topological polar surface area (TPSA) is 84.8 Å². The van der Waals surface area contributed by atoms with Crippen molar-refractivity contribution in [2.24, 2.45) is 21.2 Å². The van der Waals surface area contributed by atoms with E-state index in [0.29, 0.717) is 30.3 Å². The van der Waals surface area contributed by atoms with Gasteiger partial charge in [0.2, 0.25) is 5.90 Å².